The number of aromatic nitrogens is 4. The van der Waals surface area contributed by atoms with Crippen LogP contribution in [0.1, 0.15) is 16.1 Å². The molecule has 2 aromatic carbocycles. The minimum atomic E-state index is -0.460. The number of nitrogens with zero attached hydrogens (tertiary/aromatic N) is 4. The molecule has 0 saturated heterocycles. The van der Waals surface area contributed by atoms with Gasteiger partial charge in [0.05, 0.1) is 16.8 Å². The van der Waals surface area contributed by atoms with Gasteiger partial charge in [-0.2, -0.15) is 4.98 Å². The molecule has 0 saturated carbocycles. The first-order chi connectivity index (χ1) is 14.5. The molecule has 0 aliphatic rings. The Morgan fingerprint density at radius 3 is 2.60 bits per heavy atom. The second-order valence-corrected chi connectivity index (χ2v) is 7.52. The van der Waals surface area contributed by atoms with Crippen molar-refractivity contribution in [3.05, 3.63) is 76.8 Å². The van der Waals surface area contributed by atoms with E-state index in [0.717, 1.165) is 11.3 Å². The van der Waals surface area contributed by atoms with Crippen LogP contribution in [0.25, 0.3) is 27.1 Å². The molecule has 0 unspecified atom stereocenters. The van der Waals surface area contributed by atoms with Crippen LogP contribution in [-0.2, 0) is 0 Å². The molecule has 9 heteroatoms. The highest BCUT2D eigenvalue weighted by Gasteiger charge is 2.17. The van der Waals surface area contributed by atoms with Gasteiger partial charge < -0.3 is 0 Å². The van der Waals surface area contributed by atoms with Gasteiger partial charge in [-0.1, -0.05) is 0 Å². The Kier molecular flexibility index (Phi) is 4.25. The Hall–Kier alpha value is -3.72. The zero-order valence-corrected chi connectivity index (χ0v) is 16.4. The van der Waals surface area contributed by atoms with Crippen LogP contribution in [0.3, 0.4) is 0 Å². The molecule has 1 N–H and O–H groups in total. The zero-order chi connectivity index (χ0) is 20.8. The molecule has 0 fully saturated rings. The summed E-state index contributed by atoms with van der Waals surface area (Å²) in [5.41, 5.74) is 2.96. The van der Waals surface area contributed by atoms with Crippen molar-refractivity contribution < 1.29 is 13.6 Å². The number of pyridine rings is 1. The molecule has 5 aromatic rings. The molecule has 0 atom stereocenters. The molecule has 0 aliphatic carbocycles. The van der Waals surface area contributed by atoms with Crippen molar-refractivity contribution >= 4 is 39.1 Å². The van der Waals surface area contributed by atoms with E-state index in [0.29, 0.717) is 21.6 Å². The number of aryl methyl sites for hydroxylation is 1. The maximum absolute atomic E-state index is 13.7. The summed E-state index contributed by atoms with van der Waals surface area (Å²) >= 11 is 1.35. The summed E-state index contributed by atoms with van der Waals surface area (Å²) in [4.78, 5) is 22.1. The minimum Gasteiger partial charge on any atom is -0.289 e. The molecule has 5 rings (SSSR count). The number of nitrogens with one attached hydrogen (secondary N) is 1. The van der Waals surface area contributed by atoms with Gasteiger partial charge in [-0.3, -0.25) is 15.1 Å². The van der Waals surface area contributed by atoms with Gasteiger partial charge in [-0.15, -0.1) is 16.4 Å². The van der Waals surface area contributed by atoms with Gasteiger partial charge in [0.25, 0.3) is 11.9 Å². The Bertz CT molecular complexity index is 1430. The van der Waals surface area contributed by atoms with Crippen molar-refractivity contribution in [3.8, 4) is 11.3 Å². The summed E-state index contributed by atoms with van der Waals surface area (Å²) in [6.45, 7) is 1.76. The highest BCUT2D eigenvalue weighted by molar-refractivity contribution is 7.15. The van der Waals surface area contributed by atoms with E-state index < -0.39 is 11.7 Å². The monoisotopic (exact) mass is 421 g/mol. The number of hydrogen-bond donors (Lipinski definition) is 1. The third-order valence-corrected chi connectivity index (χ3v) is 5.41. The zero-order valence-electron chi connectivity index (χ0n) is 15.6. The van der Waals surface area contributed by atoms with Crippen molar-refractivity contribution in [1.29, 1.82) is 0 Å². The molecule has 148 valence electrons. The maximum Gasteiger partial charge on any atom is 0.258 e. The first-order valence-corrected chi connectivity index (χ1v) is 9.84. The fourth-order valence-electron chi connectivity index (χ4n) is 3.24. The molecule has 3 aromatic heterocycles. The number of amides is 1. The summed E-state index contributed by atoms with van der Waals surface area (Å²) in [6.07, 6.45) is 0. The Morgan fingerprint density at radius 2 is 1.80 bits per heavy atom. The summed E-state index contributed by atoms with van der Waals surface area (Å²) in [5.74, 6) is -1.12. The lowest BCUT2D eigenvalue weighted by atomic mass is 10.1. The number of anilines is 1. The fraction of sp³-hybridized carbons (Fsp3) is 0.0476. The summed E-state index contributed by atoms with van der Waals surface area (Å²) in [7, 11) is 0. The summed E-state index contributed by atoms with van der Waals surface area (Å²) in [5, 5.41) is 9.30. The molecule has 6 nitrogen and oxygen atoms in total. The normalized spacial score (nSPS) is 11.3. The molecule has 0 aliphatic heterocycles. The largest absolute Gasteiger partial charge is 0.289 e. The topological polar surface area (TPSA) is 72.2 Å². The first kappa shape index (κ1) is 18.3. The Morgan fingerprint density at radius 1 is 1.03 bits per heavy atom. The van der Waals surface area contributed by atoms with Crippen molar-refractivity contribution in [2.45, 2.75) is 6.92 Å². The SMILES string of the molecule is Cc1cc(C(=O)Nc2nc3scc(-c4ccc(F)cc4)n3n2)c2cc(F)ccc2n1. The van der Waals surface area contributed by atoms with Crippen LogP contribution in [0.4, 0.5) is 14.7 Å². The molecule has 3 heterocycles. The highest BCUT2D eigenvalue weighted by Crippen LogP contribution is 2.26. The average Bonchev–Trinajstić information content (AvgIpc) is 3.28. The van der Waals surface area contributed by atoms with Gasteiger partial charge >= 0.3 is 0 Å². The molecule has 0 radical (unpaired) electrons. The Labute approximate surface area is 172 Å². The predicted molar refractivity (Wildman–Crippen MR) is 111 cm³/mol. The molecule has 30 heavy (non-hydrogen) atoms. The van der Waals surface area contributed by atoms with E-state index in [-0.39, 0.29) is 17.3 Å². The van der Waals surface area contributed by atoms with Gasteiger partial charge in [0, 0.05) is 22.0 Å². The fourth-order valence-corrected chi connectivity index (χ4v) is 4.07. The first-order valence-electron chi connectivity index (χ1n) is 8.96. The van der Waals surface area contributed by atoms with Crippen LogP contribution in [0.5, 0.6) is 0 Å². The predicted octanol–water partition coefficient (Wildman–Crippen LogP) is 4.84. The van der Waals surface area contributed by atoms with Crippen LogP contribution in [0, 0.1) is 18.6 Å². The number of thiazole rings is 1. The number of carbonyl (C=O) groups is 1. The van der Waals surface area contributed by atoms with Crippen LogP contribution in [0.2, 0.25) is 0 Å². The smallest absolute Gasteiger partial charge is 0.258 e. The van der Waals surface area contributed by atoms with Gasteiger partial charge in [0.15, 0.2) is 0 Å². The highest BCUT2D eigenvalue weighted by atomic mass is 32.1. The van der Waals surface area contributed by atoms with E-state index in [9.17, 15) is 13.6 Å². The second-order valence-electron chi connectivity index (χ2n) is 6.68. The lowest BCUT2D eigenvalue weighted by Crippen LogP contribution is -2.14. The maximum atomic E-state index is 13.7. The van der Waals surface area contributed by atoms with E-state index in [1.807, 2.05) is 5.38 Å². The van der Waals surface area contributed by atoms with E-state index in [4.69, 9.17) is 0 Å². The minimum absolute atomic E-state index is 0.120. The van der Waals surface area contributed by atoms with Crippen molar-refractivity contribution in [3.63, 3.8) is 0 Å². The molecule has 0 spiro atoms. The third kappa shape index (κ3) is 3.18. The lowest BCUT2D eigenvalue weighted by molar-refractivity contribution is 0.102. The third-order valence-electron chi connectivity index (χ3n) is 4.59. The molecular weight excluding hydrogens is 408 g/mol. The van der Waals surface area contributed by atoms with Crippen molar-refractivity contribution in [2.24, 2.45) is 0 Å². The number of rotatable bonds is 3. The second kappa shape index (κ2) is 6.96. The number of halogens is 2. The number of hydrogen-bond acceptors (Lipinski definition) is 5. The summed E-state index contributed by atoms with van der Waals surface area (Å²) < 4.78 is 28.5. The van der Waals surface area contributed by atoms with Crippen LogP contribution in [0.15, 0.2) is 53.9 Å². The van der Waals surface area contributed by atoms with Gasteiger partial charge in [-0.25, -0.2) is 13.3 Å². The quantitative estimate of drug-likeness (QED) is 0.452. The van der Waals surface area contributed by atoms with Gasteiger partial charge in [0.2, 0.25) is 4.96 Å². The summed E-state index contributed by atoms with van der Waals surface area (Å²) in [6, 6.07) is 11.8. The van der Waals surface area contributed by atoms with E-state index >= 15 is 0 Å². The molecule has 0 bridgehead atoms. The number of carbonyl (C=O) groups excluding carboxylic acids is 1. The number of fused-ring (bicyclic) bond motifs is 2. The molecule has 1 amide bonds. The van der Waals surface area contributed by atoms with Crippen LogP contribution >= 0.6 is 11.3 Å². The van der Waals surface area contributed by atoms with Gasteiger partial charge in [-0.05, 0) is 55.5 Å². The number of benzene rings is 2. The van der Waals surface area contributed by atoms with E-state index in [2.05, 4.69) is 20.4 Å². The van der Waals surface area contributed by atoms with Gasteiger partial charge in [0.1, 0.15) is 11.6 Å². The lowest BCUT2D eigenvalue weighted by Gasteiger charge is -2.07. The van der Waals surface area contributed by atoms with E-state index in [1.54, 1.807) is 29.6 Å². The van der Waals surface area contributed by atoms with Crippen LogP contribution in [-0.4, -0.2) is 25.5 Å². The van der Waals surface area contributed by atoms with Crippen molar-refractivity contribution in [1.82, 2.24) is 19.6 Å². The van der Waals surface area contributed by atoms with Crippen LogP contribution < -0.4 is 5.32 Å². The van der Waals surface area contributed by atoms with E-state index in [1.165, 1.54) is 41.7 Å². The Balaban J connectivity index is 1.51. The standard InChI is InChI=1S/C21H13F2N5OS/c1-11-8-16(15-9-14(23)6-7-17(15)24-11)19(29)25-20-26-21-28(27-20)18(10-30-21)12-2-4-13(22)5-3-12/h2-10H,1H3,(H,25,27,29). The van der Waals surface area contributed by atoms with Crippen molar-refractivity contribution in [2.75, 3.05) is 5.32 Å². The average molecular weight is 421 g/mol. The molecular formula is C21H13F2N5OS.